The topological polar surface area (TPSA) is 76.0 Å². The fraction of sp³-hybridized carbons (Fsp3) is 0.200. The van der Waals surface area contributed by atoms with E-state index in [1.807, 2.05) is 22.6 Å². The fourth-order valence-corrected chi connectivity index (χ4v) is 5.40. The van der Waals surface area contributed by atoms with Crippen molar-refractivity contribution in [2.45, 2.75) is 11.3 Å². The number of methoxy groups -OCH3 is 1. The van der Waals surface area contributed by atoms with E-state index in [1.54, 1.807) is 43.5 Å². The van der Waals surface area contributed by atoms with E-state index in [9.17, 15) is 17.6 Å². The molecule has 3 rings (SSSR count). The third kappa shape index (κ3) is 5.29. The van der Waals surface area contributed by atoms with Gasteiger partial charge in [-0.1, -0.05) is 30.3 Å². The van der Waals surface area contributed by atoms with Gasteiger partial charge in [0.15, 0.2) is 5.17 Å². The van der Waals surface area contributed by atoms with Crippen LogP contribution in [0.2, 0.25) is 0 Å². The number of hydrogen-bond acceptors (Lipinski definition) is 5. The molecule has 0 bridgehead atoms. The first-order valence-electron chi connectivity index (χ1n) is 8.88. The van der Waals surface area contributed by atoms with Crippen molar-refractivity contribution in [3.63, 3.8) is 0 Å². The molecule has 2 aromatic carbocycles. The molecule has 0 N–H and O–H groups in total. The molecule has 0 spiro atoms. The lowest BCUT2D eigenvalue weighted by Gasteiger charge is -2.15. The van der Waals surface area contributed by atoms with Crippen LogP contribution in [0.1, 0.15) is 12.0 Å². The second-order valence-corrected chi connectivity index (χ2v) is 9.99. The zero-order valence-corrected chi connectivity index (χ0v) is 19.7. The van der Waals surface area contributed by atoms with Crippen molar-refractivity contribution in [3.05, 3.63) is 68.4 Å². The number of amidine groups is 1. The molecule has 6 nitrogen and oxygen atoms in total. The number of sulfonamides is 1. The van der Waals surface area contributed by atoms with Gasteiger partial charge in [0.2, 0.25) is 0 Å². The summed E-state index contributed by atoms with van der Waals surface area (Å²) in [4.78, 5) is 14.5. The minimum atomic E-state index is -4.00. The molecule has 0 unspecified atom stereocenters. The highest BCUT2D eigenvalue weighted by atomic mass is 127. The molecule has 0 aromatic heterocycles. The SMILES string of the molecule is COCCCN1C(=O)C(=Cc2cccc(I)c2F)SC1=NS(=O)(=O)c1ccccc1. The van der Waals surface area contributed by atoms with Crippen molar-refractivity contribution in [1.29, 1.82) is 0 Å². The van der Waals surface area contributed by atoms with Crippen LogP contribution in [-0.4, -0.2) is 44.7 Å². The summed E-state index contributed by atoms with van der Waals surface area (Å²) in [5.41, 5.74) is 0.252. The maximum absolute atomic E-state index is 14.4. The highest BCUT2D eigenvalue weighted by molar-refractivity contribution is 14.1. The number of halogens is 2. The van der Waals surface area contributed by atoms with Crippen molar-refractivity contribution in [2.75, 3.05) is 20.3 Å². The largest absolute Gasteiger partial charge is 0.385 e. The molecule has 0 saturated carbocycles. The number of amides is 1. The van der Waals surface area contributed by atoms with Gasteiger partial charge in [-0.05, 0) is 65.0 Å². The standard InChI is InChI=1S/C20H18FIN2O4S2/c1-28-12-6-11-24-19(25)17(13-14-7-5-10-16(22)18(14)21)29-20(24)23-30(26,27)15-8-3-2-4-9-15/h2-5,7-10,13H,6,11-12H2,1H3. The number of rotatable bonds is 7. The summed E-state index contributed by atoms with van der Waals surface area (Å²) in [6.45, 7) is 0.632. The van der Waals surface area contributed by atoms with Gasteiger partial charge in [-0.25, -0.2) is 4.39 Å². The van der Waals surface area contributed by atoms with Gasteiger partial charge in [0, 0.05) is 29.4 Å². The number of benzene rings is 2. The predicted octanol–water partition coefficient (Wildman–Crippen LogP) is 4.13. The summed E-state index contributed by atoms with van der Waals surface area (Å²) >= 11 is 2.79. The Bertz CT molecular complexity index is 1110. The van der Waals surface area contributed by atoms with Gasteiger partial charge in [0.25, 0.3) is 15.9 Å². The van der Waals surface area contributed by atoms with Crippen LogP contribution in [0.3, 0.4) is 0 Å². The molecule has 1 aliphatic heterocycles. The highest BCUT2D eigenvalue weighted by Gasteiger charge is 2.35. The first kappa shape index (κ1) is 22.9. The average Bonchev–Trinajstić information content (AvgIpc) is 3.00. The summed E-state index contributed by atoms with van der Waals surface area (Å²) in [6.07, 6.45) is 1.92. The summed E-state index contributed by atoms with van der Waals surface area (Å²) in [6, 6.07) is 12.6. The molecule has 10 heteroatoms. The number of carbonyl (C=O) groups is 1. The van der Waals surface area contributed by atoms with E-state index in [2.05, 4.69) is 4.40 Å². The average molecular weight is 560 g/mol. The van der Waals surface area contributed by atoms with Crippen LogP contribution >= 0.6 is 34.4 Å². The van der Waals surface area contributed by atoms with Crippen molar-refractivity contribution in [2.24, 2.45) is 4.40 Å². The van der Waals surface area contributed by atoms with Crippen molar-refractivity contribution in [3.8, 4) is 0 Å². The summed E-state index contributed by atoms with van der Waals surface area (Å²) < 4.78 is 49.1. The van der Waals surface area contributed by atoms with E-state index in [-0.39, 0.29) is 27.1 Å². The molecule has 30 heavy (non-hydrogen) atoms. The van der Waals surface area contributed by atoms with Gasteiger partial charge in [-0.15, -0.1) is 4.40 Å². The van der Waals surface area contributed by atoms with E-state index < -0.39 is 21.7 Å². The number of ether oxygens (including phenoxy) is 1. The first-order chi connectivity index (χ1) is 14.3. The second-order valence-electron chi connectivity index (χ2n) is 6.22. The van der Waals surface area contributed by atoms with E-state index in [1.165, 1.54) is 23.1 Å². The van der Waals surface area contributed by atoms with Crippen LogP contribution in [0.15, 0.2) is 62.7 Å². The summed E-state index contributed by atoms with van der Waals surface area (Å²) in [5, 5.41) is 0.0391. The second kappa shape index (κ2) is 10.0. The van der Waals surface area contributed by atoms with Gasteiger partial charge < -0.3 is 4.74 Å². The van der Waals surface area contributed by atoms with E-state index in [0.717, 1.165) is 11.8 Å². The van der Waals surface area contributed by atoms with Gasteiger partial charge >= 0.3 is 0 Å². The predicted molar refractivity (Wildman–Crippen MR) is 124 cm³/mol. The first-order valence-corrected chi connectivity index (χ1v) is 12.2. The Kier molecular flexibility index (Phi) is 7.66. The molecular weight excluding hydrogens is 542 g/mol. The molecule has 1 saturated heterocycles. The van der Waals surface area contributed by atoms with Crippen LogP contribution in [0.5, 0.6) is 0 Å². The number of hydrogen-bond donors (Lipinski definition) is 0. The van der Waals surface area contributed by atoms with Gasteiger partial charge in [-0.2, -0.15) is 8.42 Å². The lowest BCUT2D eigenvalue weighted by molar-refractivity contribution is -0.122. The molecule has 1 heterocycles. The van der Waals surface area contributed by atoms with Crippen molar-refractivity contribution >= 4 is 61.5 Å². The highest BCUT2D eigenvalue weighted by Crippen LogP contribution is 2.34. The van der Waals surface area contributed by atoms with E-state index in [0.29, 0.717) is 16.6 Å². The zero-order chi connectivity index (χ0) is 21.7. The van der Waals surface area contributed by atoms with Crippen molar-refractivity contribution < 1.29 is 22.3 Å². The molecule has 0 atom stereocenters. The Balaban J connectivity index is 1.99. The van der Waals surface area contributed by atoms with Crippen molar-refractivity contribution in [1.82, 2.24) is 4.90 Å². The summed E-state index contributed by atoms with van der Waals surface area (Å²) in [5.74, 6) is -0.858. The molecule has 0 radical (unpaired) electrons. The Hall–Kier alpha value is -1.76. The third-order valence-electron chi connectivity index (χ3n) is 4.13. The lowest BCUT2D eigenvalue weighted by Crippen LogP contribution is -2.31. The zero-order valence-electron chi connectivity index (χ0n) is 15.9. The Morgan fingerprint density at radius 2 is 1.93 bits per heavy atom. The molecule has 1 aliphatic rings. The molecule has 1 amide bonds. The Morgan fingerprint density at radius 3 is 2.63 bits per heavy atom. The molecule has 158 valence electrons. The maximum Gasteiger partial charge on any atom is 0.284 e. The van der Waals surface area contributed by atoms with Crippen LogP contribution in [0, 0.1) is 9.39 Å². The normalized spacial score (nSPS) is 17.3. The number of carbonyl (C=O) groups excluding carboxylic acids is 1. The molecular formula is C20H18FIN2O4S2. The number of nitrogens with zero attached hydrogens (tertiary/aromatic N) is 2. The minimum absolute atomic E-state index is 0.0310. The minimum Gasteiger partial charge on any atom is -0.385 e. The monoisotopic (exact) mass is 560 g/mol. The fourth-order valence-electron chi connectivity index (χ4n) is 2.66. The summed E-state index contributed by atoms with van der Waals surface area (Å²) in [7, 11) is -2.46. The van der Waals surface area contributed by atoms with Crippen LogP contribution < -0.4 is 0 Å². The van der Waals surface area contributed by atoms with E-state index in [4.69, 9.17) is 4.74 Å². The van der Waals surface area contributed by atoms with Gasteiger partial charge in [0.1, 0.15) is 5.82 Å². The van der Waals surface area contributed by atoms with Gasteiger partial charge in [0.05, 0.1) is 9.80 Å². The molecule has 2 aromatic rings. The molecule has 0 aliphatic carbocycles. The van der Waals surface area contributed by atoms with Crippen LogP contribution in [0.4, 0.5) is 4.39 Å². The Labute approximate surface area is 192 Å². The van der Waals surface area contributed by atoms with Gasteiger partial charge in [-0.3, -0.25) is 9.69 Å². The van der Waals surface area contributed by atoms with Crippen LogP contribution in [-0.2, 0) is 19.6 Å². The van der Waals surface area contributed by atoms with Crippen LogP contribution in [0.25, 0.3) is 6.08 Å². The smallest absolute Gasteiger partial charge is 0.284 e. The third-order valence-corrected chi connectivity index (χ3v) is 7.36. The quantitative estimate of drug-likeness (QED) is 0.289. The molecule has 1 fully saturated rings. The number of thioether (sulfide) groups is 1. The lowest BCUT2D eigenvalue weighted by atomic mass is 10.2. The maximum atomic E-state index is 14.4. The Morgan fingerprint density at radius 1 is 1.20 bits per heavy atom. The van der Waals surface area contributed by atoms with E-state index >= 15 is 0 Å².